The first-order valence-corrected chi connectivity index (χ1v) is 9.70. The minimum Gasteiger partial charge on any atom is -0.345 e. The highest BCUT2D eigenvalue weighted by molar-refractivity contribution is 5.99. The van der Waals surface area contributed by atoms with E-state index in [9.17, 15) is 14.4 Å². The summed E-state index contributed by atoms with van der Waals surface area (Å²) in [5.74, 6) is -1.16. The molecule has 0 saturated heterocycles. The van der Waals surface area contributed by atoms with Gasteiger partial charge in [0.25, 0.3) is 5.91 Å². The van der Waals surface area contributed by atoms with E-state index < -0.39 is 11.9 Å². The first-order valence-electron chi connectivity index (χ1n) is 9.70. The molecule has 6 heteroatoms. The molecule has 0 bridgehead atoms. The van der Waals surface area contributed by atoms with Crippen molar-refractivity contribution in [3.63, 3.8) is 0 Å². The van der Waals surface area contributed by atoms with E-state index in [2.05, 4.69) is 16.0 Å². The van der Waals surface area contributed by atoms with Gasteiger partial charge in [0.2, 0.25) is 11.8 Å². The molecule has 154 valence electrons. The maximum absolute atomic E-state index is 12.6. The number of hydrogen-bond acceptors (Lipinski definition) is 3. The molecule has 2 rings (SSSR count). The first-order chi connectivity index (χ1) is 13.7. The SMILES string of the molecule is Cc1cccc(C(=O)N[C@H](C(=O)NCC(=O)Nc2c(C)cccc2C)C(C)C)c1. The van der Waals surface area contributed by atoms with Crippen molar-refractivity contribution >= 4 is 23.4 Å². The predicted octanol–water partition coefficient (Wildman–Crippen LogP) is 3.12. The Hall–Kier alpha value is -3.15. The lowest BCUT2D eigenvalue weighted by Gasteiger charge is -2.22. The average Bonchev–Trinajstić information content (AvgIpc) is 2.66. The van der Waals surface area contributed by atoms with Gasteiger partial charge in [0, 0.05) is 11.3 Å². The number of hydrogen-bond donors (Lipinski definition) is 3. The Bertz CT molecular complexity index is 886. The van der Waals surface area contributed by atoms with Crippen LogP contribution in [-0.4, -0.2) is 30.3 Å². The number of aryl methyl sites for hydroxylation is 3. The van der Waals surface area contributed by atoms with Crippen molar-refractivity contribution < 1.29 is 14.4 Å². The molecule has 0 aliphatic heterocycles. The number of anilines is 1. The molecule has 0 unspecified atom stereocenters. The molecule has 3 amide bonds. The summed E-state index contributed by atoms with van der Waals surface area (Å²) >= 11 is 0. The summed E-state index contributed by atoms with van der Waals surface area (Å²) in [6.07, 6.45) is 0. The first kappa shape index (κ1) is 22.1. The van der Waals surface area contributed by atoms with Crippen LogP contribution in [0.4, 0.5) is 5.69 Å². The third kappa shape index (κ3) is 6.17. The number of carbonyl (C=O) groups excluding carboxylic acids is 3. The lowest BCUT2D eigenvalue weighted by atomic mass is 10.0. The van der Waals surface area contributed by atoms with Crippen LogP contribution in [0.2, 0.25) is 0 Å². The van der Waals surface area contributed by atoms with Crippen LogP contribution in [0.15, 0.2) is 42.5 Å². The molecule has 0 fully saturated rings. The van der Waals surface area contributed by atoms with Gasteiger partial charge in [0.15, 0.2) is 0 Å². The Kier molecular flexibility index (Phi) is 7.53. The fourth-order valence-electron chi connectivity index (χ4n) is 3.02. The molecule has 0 spiro atoms. The number of benzene rings is 2. The van der Waals surface area contributed by atoms with Crippen LogP contribution in [0, 0.1) is 26.7 Å². The summed E-state index contributed by atoms with van der Waals surface area (Å²) in [5, 5.41) is 8.23. The Labute approximate surface area is 172 Å². The van der Waals surface area contributed by atoms with Gasteiger partial charge in [-0.2, -0.15) is 0 Å². The van der Waals surface area contributed by atoms with Gasteiger partial charge in [0.05, 0.1) is 6.54 Å². The molecule has 29 heavy (non-hydrogen) atoms. The van der Waals surface area contributed by atoms with Crippen LogP contribution in [0.5, 0.6) is 0 Å². The smallest absolute Gasteiger partial charge is 0.251 e. The summed E-state index contributed by atoms with van der Waals surface area (Å²) in [4.78, 5) is 37.4. The molecule has 2 aromatic carbocycles. The van der Waals surface area contributed by atoms with Crippen molar-refractivity contribution in [3.05, 3.63) is 64.7 Å². The molecule has 0 saturated carbocycles. The van der Waals surface area contributed by atoms with Crippen LogP contribution >= 0.6 is 0 Å². The molecule has 0 heterocycles. The van der Waals surface area contributed by atoms with E-state index in [4.69, 9.17) is 0 Å². The van der Waals surface area contributed by atoms with E-state index in [1.54, 1.807) is 18.2 Å². The fourth-order valence-corrected chi connectivity index (χ4v) is 3.02. The predicted molar refractivity (Wildman–Crippen MR) is 115 cm³/mol. The Morgan fingerprint density at radius 1 is 0.931 bits per heavy atom. The molecule has 1 atom stereocenters. The van der Waals surface area contributed by atoms with Gasteiger partial charge in [-0.3, -0.25) is 14.4 Å². The summed E-state index contributed by atoms with van der Waals surface area (Å²) in [6.45, 7) is 9.25. The van der Waals surface area contributed by atoms with Crippen molar-refractivity contribution in [3.8, 4) is 0 Å². The quantitative estimate of drug-likeness (QED) is 0.673. The van der Waals surface area contributed by atoms with Crippen LogP contribution in [-0.2, 0) is 9.59 Å². The van der Waals surface area contributed by atoms with Gasteiger partial charge in [-0.1, -0.05) is 49.7 Å². The average molecular weight is 396 g/mol. The lowest BCUT2D eigenvalue weighted by Crippen LogP contribution is -2.51. The molecular formula is C23H29N3O3. The van der Waals surface area contributed by atoms with Crippen LogP contribution in [0.1, 0.15) is 40.9 Å². The second-order valence-corrected chi connectivity index (χ2v) is 7.60. The van der Waals surface area contributed by atoms with Crippen LogP contribution < -0.4 is 16.0 Å². The molecule has 3 N–H and O–H groups in total. The second kappa shape index (κ2) is 9.87. The Morgan fingerprint density at radius 2 is 1.55 bits per heavy atom. The molecule has 6 nitrogen and oxygen atoms in total. The summed E-state index contributed by atoms with van der Waals surface area (Å²) < 4.78 is 0. The lowest BCUT2D eigenvalue weighted by molar-refractivity contribution is -0.126. The number of nitrogens with one attached hydrogen (secondary N) is 3. The second-order valence-electron chi connectivity index (χ2n) is 7.60. The standard InChI is InChI=1S/C23H29N3O3/c1-14(2)20(26-22(28)18-11-6-8-15(3)12-18)23(29)24-13-19(27)25-21-16(4)9-7-10-17(21)5/h6-12,14,20H,13H2,1-5H3,(H,24,29)(H,25,27)(H,26,28)/t20-/m0/s1. The van der Waals surface area contributed by atoms with Crippen LogP contribution in [0.25, 0.3) is 0 Å². The molecule has 2 aromatic rings. The zero-order chi connectivity index (χ0) is 21.6. The highest BCUT2D eigenvalue weighted by Gasteiger charge is 2.25. The third-order valence-corrected chi connectivity index (χ3v) is 4.68. The highest BCUT2D eigenvalue weighted by atomic mass is 16.2. The molecule has 0 aliphatic carbocycles. The number of para-hydroxylation sites is 1. The zero-order valence-corrected chi connectivity index (χ0v) is 17.6. The van der Waals surface area contributed by atoms with E-state index in [0.717, 1.165) is 22.4 Å². The molecular weight excluding hydrogens is 366 g/mol. The van der Waals surface area contributed by atoms with Gasteiger partial charge < -0.3 is 16.0 Å². The summed E-state index contributed by atoms with van der Waals surface area (Å²) in [7, 11) is 0. The third-order valence-electron chi connectivity index (χ3n) is 4.68. The monoisotopic (exact) mass is 395 g/mol. The minimum absolute atomic E-state index is 0.134. The Balaban J connectivity index is 1.97. The highest BCUT2D eigenvalue weighted by Crippen LogP contribution is 2.19. The van der Waals surface area contributed by atoms with Crippen LogP contribution in [0.3, 0.4) is 0 Å². The van der Waals surface area contributed by atoms with Gasteiger partial charge in [-0.15, -0.1) is 0 Å². The zero-order valence-electron chi connectivity index (χ0n) is 17.6. The number of amides is 3. The Morgan fingerprint density at radius 3 is 2.14 bits per heavy atom. The fraction of sp³-hybridized carbons (Fsp3) is 0.348. The van der Waals surface area contributed by atoms with Gasteiger partial charge in [-0.05, 0) is 49.9 Å². The molecule has 0 radical (unpaired) electrons. The minimum atomic E-state index is -0.740. The van der Waals surface area contributed by atoms with Gasteiger partial charge in [-0.25, -0.2) is 0 Å². The summed E-state index contributed by atoms with van der Waals surface area (Å²) in [6, 6.07) is 12.2. The van der Waals surface area contributed by atoms with Crippen molar-refractivity contribution in [2.75, 3.05) is 11.9 Å². The number of carbonyl (C=O) groups is 3. The maximum Gasteiger partial charge on any atom is 0.251 e. The van der Waals surface area contributed by atoms with Gasteiger partial charge >= 0.3 is 0 Å². The van der Waals surface area contributed by atoms with E-state index in [1.165, 1.54) is 0 Å². The van der Waals surface area contributed by atoms with Crippen molar-refractivity contribution in [2.24, 2.45) is 5.92 Å². The molecule has 0 aromatic heterocycles. The van der Waals surface area contributed by atoms with Crippen molar-refractivity contribution in [2.45, 2.75) is 40.7 Å². The normalized spacial score (nSPS) is 11.7. The van der Waals surface area contributed by atoms with Crippen molar-refractivity contribution in [1.29, 1.82) is 0 Å². The summed E-state index contributed by atoms with van der Waals surface area (Å²) in [5.41, 5.74) is 4.12. The van der Waals surface area contributed by atoms with E-state index in [0.29, 0.717) is 5.56 Å². The van der Waals surface area contributed by atoms with Gasteiger partial charge in [0.1, 0.15) is 6.04 Å². The van der Waals surface area contributed by atoms with E-state index >= 15 is 0 Å². The maximum atomic E-state index is 12.6. The van der Waals surface area contributed by atoms with Crippen molar-refractivity contribution in [1.82, 2.24) is 10.6 Å². The number of rotatable bonds is 7. The van der Waals surface area contributed by atoms with E-state index in [1.807, 2.05) is 58.9 Å². The van der Waals surface area contributed by atoms with E-state index in [-0.39, 0.29) is 24.3 Å². The topological polar surface area (TPSA) is 87.3 Å². The molecule has 0 aliphatic rings. The largest absolute Gasteiger partial charge is 0.345 e.